The molecule has 0 radical (unpaired) electrons. The fraction of sp³-hybridized carbons (Fsp3) is 0.308. The van der Waals surface area contributed by atoms with Crippen LogP contribution < -0.4 is 0 Å². The van der Waals surface area contributed by atoms with Gasteiger partial charge in [0.25, 0.3) is 5.91 Å². The second-order valence-corrected chi connectivity index (χ2v) is 4.53. The maximum Gasteiger partial charge on any atom is 0.289 e. The summed E-state index contributed by atoms with van der Waals surface area (Å²) >= 11 is 6.03. The predicted octanol–water partition coefficient (Wildman–Crippen LogP) is 2.46. The number of halogens is 1. The van der Waals surface area contributed by atoms with Crippen LogP contribution in [0.1, 0.15) is 16.1 Å². The Morgan fingerprint density at radius 1 is 1.50 bits per heavy atom. The van der Waals surface area contributed by atoms with Crippen molar-refractivity contribution in [3.8, 4) is 0 Å². The lowest BCUT2D eigenvalue weighted by Gasteiger charge is -2.13. The number of carbonyl (C=O) groups excluding carboxylic acids is 1. The summed E-state index contributed by atoms with van der Waals surface area (Å²) in [6, 6.07) is 5.40. The topological polar surface area (TPSA) is 53.7 Å². The number of aliphatic hydroxyl groups is 1. The first-order valence-corrected chi connectivity index (χ1v) is 5.98. The number of hydrogen-bond acceptors (Lipinski definition) is 3. The maximum absolute atomic E-state index is 12.1. The van der Waals surface area contributed by atoms with Crippen LogP contribution in [0.5, 0.6) is 0 Å². The molecule has 1 N–H and O–H groups in total. The number of aryl methyl sites for hydroxylation is 1. The molecule has 0 bridgehead atoms. The van der Waals surface area contributed by atoms with Crippen LogP contribution in [0.25, 0.3) is 11.0 Å². The molecule has 0 aliphatic heterocycles. The third kappa shape index (κ3) is 2.09. The zero-order valence-corrected chi connectivity index (χ0v) is 11.0. The van der Waals surface area contributed by atoms with E-state index in [-0.39, 0.29) is 24.8 Å². The van der Waals surface area contributed by atoms with E-state index in [1.54, 1.807) is 13.1 Å². The molecule has 2 rings (SSSR count). The van der Waals surface area contributed by atoms with Crippen molar-refractivity contribution >= 4 is 28.5 Å². The van der Waals surface area contributed by atoms with E-state index in [9.17, 15) is 4.79 Å². The molecule has 0 atom stereocenters. The Labute approximate surface area is 110 Å². The number of rotatable bonds is 3. The molecular formula is C13H14ClNO3. The van der Waals surface area contributed by atoms with E-state index in [4.69, 9.17) is 21.1 Å². The largest absolute Gasteiger partial charge is 0.449 e. The number of aliphatic hydroxyl groups excluding tert-OH is 1. The number of likely N-dealkylation sites (N-methyl/N-ethyl adjacent to an activating group) is 1. The van der Waals surface area contributed by atoms with Gasteiger partial charge in [-0.1, -0.05) is 23.7 Å². The molecule has 1 aromatic heterocycles. The first kappa shape index (κ1) is 12.9. The minimum atomic E-state index is -0.256. The maximum atomic E-state index is 12.1. The molecular weight excluding hydrogens is 254 g/mol. The van der Waals surface area contributed by atoms with Crippen LogP contribution in [0, 0.1) is 6.92 Å². The molecule has 0 saturated carbocycles. The summed E-state index contributed by atoms with van der Waals surface area (Å²) in [5, 5.41) is 10.2. The number of furan rings is 1. The summed E-state index contributed by atoms with van der Waals surface area (Å²) in [5.74, 6) is 0.0165. The van der Waals surface area contributed by atoms with Gasteiger partial charge in [-0.15, -0.1) is 0 Å². The van der Waals surface area contributed by atoms with Crippen LogP contribution in [0.2, 0.25) is 5.02 Å². The van der Waals surface area contributed by atoms with Crippen molar-refractivity contribution in [2.75, 3.05) is 20.2 Å². The average molecular weight is 268 g/mol. The molecule has 0 spiro atoms. The quantitative estimate of drug-likeness (QED) is 0.929. The van der Waals surface area contributed by atoms with Gasteiger partial charge in [0.15, 0.2) is 11.3 Å². The van der Waals surface area contributed by atoms with Crippen molar-refractivity contribution in [3.63, 3.8) is 0 Å². The van der Waals surface area contributed by atoms with Crippen molar-refractivity contribution in [2.24, 2.45) is 0 Å². The number of para-hydroxylation sites is 1. The molecule has 0 aliphatic rings. The molecule has 5 heteroatoms. The van der Waals surface area contributed by atoms with Gasteiger partial charge in [-0.05, 0) is 13.0 Å². The summed E-state index contributed by atoms with van der Waals surface area (Å²) < 4.78 is 5.55. The van der Waals surface area contributed by atoms with Crippen molar-refractivity contribution in [2.45, 2.75) is 6.92 Å². The molecule has 1 heterocycles. The Morgan fingerprint density at radius 3 is 2.83 bits per heavy atom. The molecule has 1 amide bonds. The second kappa shape index (κ2) is 5.00. The number of amides is 1. The highest BCUT2D eigenvalue weighted by atomic mass is 35.5. The smallest absolute Gasteiger partial charge is 0.289 e. The van der Waals surface area contributed by atoms with E-state index in [1.165, 1.54) is 4.90 Å². The standard InChI is InChI=1S/C13H14ClNO3/c1-8-9-4-3-5-10(14)12(9)18-11(8)13(17)15(2)6-7-16/h3-5,16H,6-7H2,1-2H3. The van der Waals surface area contributed by atoms with Crippen molar-refractivity contribution in [1.29, 1.82) is 0 Å². The van der Waals surface area contributed by atoms with Gasteiger partial charge in [0.1, 0.15) is 0 Å². The highest BCUT2D eigenvalue weighted by Crippen LogP contribution is 2.31. The summed E-state index contributed by atoms with van der Waals surface area (Å²) in [6.07, 6.45) is 0. The average Bonchev–Trinajstić information content (AvgIpc) is 2.68. The second-order valence-electron chi connectivity index (χ2n) is 4.12. The van der Waals surface area contributed by atoms with Gasteiger partial charge in [-0.3, -0.25) is 4.79 Å². The summed E-state index contributed by atoms with van der Waals surface area (Å²) in [4.78, 5) is 13.5. The predicted molar refractivity (Wildman–Crippen MR) is 70.0 cm³/mol. The van der Waals surface area contributed by atoms with Gasteiger partial charge < -0.3 is 14.4 Å². The Hall–Kier alpha value is -1.52. The lowest BCUT2D eigenvalue weighted by molar-refractivity contribution is 0.0737. The van der Waals surface area contributed by atoms with E-state index >= 15 is 0 Å². The van der Waals surface area contributed by atoms with E-state index in [0.717, 1.165) is 10.9 Å². The fourth-order valence-electron chi connectivity index (χ4n) is 1.84. The van der Waals surface area contributed by atoms with Crippen molar-refractivity contribution in [3.05, 3.63) is 34.5 Å². The Balaban J connectivity index is 2.49. The van der Waals surface area contributed by atoms with Crippen LogP contribution in [-0.2, 0) is 0 Å². The highest BCUT2D eigenvalue weighted by Gasteiger charge is 2.21. The third-order valence-electron chi connectivity index (χ3n) is 2.89. The Bertz CT molecular complexity index is 591. The van der Waals surface area contributed by atoms with Gasteiger partial charge in [0, 0.05) is 24.5 Å². The zero-order chi connectivity index (χ0) is 13.3. The molecule has 4 nitrogen and oxygen atoms in total. The Kier molecular flexibility index (Phi) is 3.59. The van der Waals surface area contributed by atoms with Crippen LogP contribution in [-0.4, -0.2) is 36.1 Å². The molecule has 0 aliphatic carbocycles. The molecule has 0 saturated heterocycles. The fourth-order valence-corrected chi connectivity index (χ4v) is 2.05. The number of nitrogens with zero attached hydrogens (tertiary/aromatic N) is 1. The number of benzene rings is 1. The highest BCUT2D eigenvalue weighted by molar-refractivity contribution is 6.35. The molecule has 96 valence electrons. The normalized spacial score (nSPS) is 10.9. The zero-order valence-electron chi connectivity index (χ0n) is 10.2. The number of carbonyl (C=O) groups is 1. The molecule has 18 heavy (non-hydrogen) atoms. The van der Waals surface area contributed by atoms with Gasteiger partial charge in [0.2, 0.25) is 0 Å². The Morgan fingerprint density at radius 2 is 2.22 bits per heavy atom. The SMILES string of the molecule is Cc1c(C(=O)N(C)CCO)oc2c(Cl)cccc12. The lowest BCUT2D eigenvalue weighted by atomic mass is 10.1. The van der Waals surface area contributed by atoms with Gasteiger partial charge in [-0.2, -0.15) is 0 Å². The van der Waals surface area contributed by atoms with Gasteiger partial charge >= 0.3 is 0 Å². The summed E-state index contributed by atoms with van der Waals surface area (Å²) in [5.41, 5.74) is 1.29. The number of fused-ring (bicyclic) bond motifs is 1. The van der Waals surface area contributed by atoms with Crippen molar-refractivity contribution < 1.29 is 14.3 Å². The van der Waals surface area contributed by atoms with E-state index in [0.29, 0.717) is 10.6 Å². The van der Waals surface area contributed by atoms with Crippen molar-refractivity contribution in [1.82, 2.24) is 4.90 Å². The first-order chi connectivity index (χ1) is 8.56. The minimum absolute atomic E-state index is 0.0811. The summed E-state index contributed by atoms with van der Waals surface area (Å²) in [6.45, 7) is 2.01. The molecule has 0 fully saturated rings. The van der Waals surface area contributed by atoms with Crippen LogP contribution >= 0.6 is 11.6 Å². The van der Waals surface area contributed by atoms with Crippen LogP contribution in [0.15, 0.2) is 22.6 Å². The summed E-state index contributed by atoms with van der Waals surface area (Å²) in [7, 11) is 1.62. The van der Waals surface area contributed by atoms with E-state index < -0.39 is 0 Å². The van der Waals surface area contributed by atoms with Gasteiger partial charge in [0.05, 0.1) is 11.6 Å². The molecule has 2 aromatic rings. The van der Waals surface area contributed by atoms with Crippen LogP contribution in [0.4, 0.5) is 0 Å². The monoisotopic (exact) mass is 267 g/mol. The van der Waals surface area contributed by atoms with E-state index in [1.807, 2.05) is 19.1 Å². The molecule has 0 unspecified atom stereocenters. The van der Waals surface area contributed by atoms with E-state index in [2.05, 4.69) is 0 Å². The van der Waals surface area contributed by atoms with Gasteiger partial charge in [-0.25, -0.2) is 0 Å². The van der Waals surface area contributed by atoms with Crippen LogP contribution in [0.3, 0.4) is 0 Å². The lowest BCUT2D eigenvalue weighted by Crippen LogP contribution is -2.29. The molecule has 1 aromatic carbocycles. The third-order valence-corrected chi connectivity index (χ3v) is 3.19. The minimum Gasteiger partial charge on any atom is -0.449 e. The first-order valence-electron chi connectivity index (χ1n) is 5.60. The number of hydrogen-bond donors (Lipinski definition) is 1.